The van der Waals surface area contributed by atoms with Gasteiger partial charge in [-0.1, -0.05) is 11.2 Å². The molecule has 0 unspecified atom stereocenters. The van der Waals surface area contributed by atoms with Gasteiger partial charge in [-0.3, -0.25) is 0 Å². The monoisotopic (exact) mass is 221 g/mol. The van der Waals surface area contributed by atoms with E-state index in [2.05, 4.69) is 10.0 Å². The number of azide groups is 1. The standard InChI is InChI=1S/C10H11N3O3/c1-2-16-10(15)8-4-3-7(5-9(8)14)6-12-13-11/h3-5,14H,2,6H2,1H3. The van der Waals surface area contributed by atoms with Crippen molar-refractivity contribution in [3.8, 4) is 5.75 Å². The summed E-state index contributed by atoms with van der Waals surface area (Å²) in [6.07, 6.45) is 0. The van der Waals surface area contributed by atoms with Gasteiger partial charge in [0.1, 0.15) is 11.3 Å². The van der Waals surface area contributed by atoms with Crippen molar-refractivity contribution in [1.29, 1.82) is 0 Å². The molecule has 0 aliphatic rings. The van der Waals surface area contributed by atoms with Crippen LogP contribution in [-0.2, 0) is 11.3 Å². The van der Waals surface area contributed by atoms with E-state index in [9.17, 15) is 9.90 Å². The van der Waals surface area contributed by atoms with E-state index in [0.717, 1.165) is 0 Å². The SMILES string of the molecule is CCOC(=O)c1ccc(CN=[N+]=[N-])cc1O. The lowest BCUT2D eigenvalue weighted by molar-refractivity contribution is 0.0523. The molecule has 0 spiro atoms. The molecule has 6 heteroatoms. The van der Waals surface area contributed by atoms with Crippen LogP contribution in [0.2, 0.25) is 0 Å². The number of phenolic OH excluding ortho intramolecular Hbond substituents is 1. The zero-order valence-corrected chi connectivity index (χ0v) is 8.75. The fourth-order valence-corrected chi connectivity index (χ4v) is 1.17. The maximum Gasteiger partial charge on any atom is 0.341 e. The quantitative estimate of drug-likeness (QED) is 0.366. The number of carbonyl (C=O) groups is 1. The second-order valence-corrected chi connectivity index (χ2v) is 2.96. The van der Waals surface area contributed by atoms with Crippen molar-refractivity contribution in [3.63, 3.8) is 0 Å². The molecule has 0 bridgehead atoms. The molecule has 0 saturated carbocycles. The van der Waals surface area contributed by atoms with Crippen molar-refractivity contribution in [2.75, 3.05) is 6.61 Å². The molecule has 0 amide bonds. The van der Waals surface area contributed by atoms with Gasteiger partial charge in [0.05, 0.1) is 13.2 Å². The summed E-state index contributed by atoms with van der Waals surface area (Å²) in [6.45, 7) is 2.07. The molecule has 1 rings (SSSR count). The molecule has 1 N–H and O–H groups in total. The first-order chi connectivity index (χ1) is 7.69. The van der Waals surface area contributed by atoms with Gasteiger partial charge in [-0.15, -0.1) is 0 Å². The Morgan fingerprint density at radius 3 is 2.94 bits per heavy atom. The molecule has 1 aromatic carbocycles. The van der Waals surface area contributed by atoms with Crippen LogP contribution < -0.4 is 0 Å². The molecular formula is C10H11N3O3. The van der Waals surface area contributed by atoms with Crippen LogP contribution >= 0.6 is 0 Å². The highest BCUT2D eigenvalue weighted by molar-refractivity contribution is 5.92. The molecule has 1 aromatic rings. The van der Waals surface area contributed by atoms with E-state index in [1.807, 2.05) is 0 Å². The molecule has 6 nitrogen and oxygen atoms in total. The summed E-state index contributed by atoms with van der Waals surface area (Å²) in [5.41, 5.74) is 8.86. The summed E-state index contributed by atoms with van der Waals surface area (Å²) in [4.78, 5) is 13.9. The molecule has 0 atom stereocenters. The van der Waals surface area contributed by atoms with Gasteiger partial charge in [0.25, 0.3) is 0 Å². The Kier molecular flexibility index (Phi) is 4.17. The number of esters is 1. The predicted octanol–water partition coefficient (Wildman–Crippen LogP) is 2.38. The summed E-state index contributed by atoms with van der Waals surface area (Å²) in [7, 11) is 0. The first-order valence-electron chi connectivity index (χ1n) is 4.69. The first-order valence-corrected chi connectivity index (χ1v) is 4.69. The van der Waals surface area contributed by atoms with Gasteiger partial charge < -0.3 is 9.84 Å². The van der Waals surface area contributed by atoms with E-state index in [0.29, 0.717) is 5.56 Å². The van der Waals surface area contributed by atoms with Gasteiger partial charge in [0, 0.05) is 4.91 Å². The van der Waals surface area contributed by atoms with E-state index in [-0.39, 0.29) is 24.5 Å². The predicted molar refractivity (Wildman–Crippen MR) is 56.9 cm³/mol. The number of benzene rings is 1. The van der Waals surface area contributed by atoms with E-state index in [1.165, 1.54) is 12.1 Å². The van der Waals surface area contributed by atoms with E-state index < -0.39 is 5.97 Å². The van der Waals surface area contributed by atoms with Crippen LogP contribution in [0.4, 0.5) is 0 Å². The van der Waals surface area contributed by atoms with Crippen LogP contribution in [0.5, 0.6) is 5.75 Å². The topological polar surface area (TPSA) is 95.3 Å². The Morgan fingerprint density at radius 2 is 2.38 bits per heavy atom. The summed E-state index contributed by atoms with van der Waals surface area (Å²) >= 11 is 0. The Labute approximate surface area is 92.1 Å². The number of carbonyl (C=O) groups excluding carboxylic acids is 1. The lowest BCUT2D eigenvalue weighted by Crippen LogP contribution is -2.04. The summed E-state index contributed by atoms with van der Waals surface area (Å²) in [6, 6.07) is 4.41. The lowest BCUT2D eigenvalue weighted by Gasteiger charge is -2.05. The second kappa shape index (κ2) is 5.63. The number of hydrogen-bond acceptors (Lipinski definition) is 4. The van der Waals surface area contributed by atoms with Crippen LogP contribution in [0.25, 0.3) is 10.4 Å². The zero-order valence-electron chi connectivity index (χ0n) is 8.75. The minimum atomic E-state index is -0.574. The highest BCUT2D eigenvalue weighted by Crippen LogP contribution is 2.20. The average Bonchev–Trinajstić information content (AvgIpc) is 2.26. The molecule has 0 fully saturated rings. The number of rotatable bonds is 4. The normalized spacial score (nSPS) is 9.31. The molecule has 0 aromatic heterocycles. The van der Waals surface area contributed by atoms with E-state index in [1.54, 1.807) is 13.0 Å². The largest absolute Gasteiger partial charge is 0.507 e. The first kappa shape index (κ1) is 11.9. The summed E-state index contributed by atoms with van der Waals surface area (Å²) in [5.74, 6) is -0.751. The number of hydrogen-bond donors (Lipinski definition) is 1. The number of phenols is 1. The third-order valence-corrected chi connectivity index (χ3v) is 1.87. The Hall–Kier alpha value is -2.20. The van der Waals surface area contributed by atoms with E-state index >= 15 is 0 Å². The van der Waals surface area contributed by atoms with Crippen molar-refractivity contribution >= 4 is 5.97 Å². The molecule has 0 aliphatic heterocycles. The number of ether oxygens (including phenoxy) is 1. The fraction of sp³-hybridized carbons (Fsp3) is 0.300. The highest BCUT2D eigenvalue weighted by atomic mass is 16.5. The smallest absolute Gasteiger partial charge is 0.341 e. The molecule has 16 heavy (non-hydrogen) atoms. The van der Waals surface area contributed by atoms with Crippen LogP contribution in [-0.4, -0.2) is 17.7 Å². The zero-order chi connectivity index (χ0) is 12.0. The van der Waals surface area contributed by atoms with Gasteiger partial charge in [0.15, 0.2) is 0 Å². The van der Waals surface area contributed by atoms with Crippen molar-refractivity contribution in [2.24, 2.45) is 5.11 Å². The summed E-state index contributed by atoms with van der Waals surface area (Å²) in [5, 5.41) is 12.9. The maximum absolute atomic E-state index is 11.3. The second-order valence-electron chi connectivity index (χ2n) is 2.96. The Morgan fingerprint density at radius 1 is 1.62 bits per heavy atom. The number of nitrogens with zero attached hydrogens (tertiary/aromatic N) is 3. The molecule has 0 radical (unpaired) electrons. The van der Waals surface area contributed by atoms with Crippen molar-refractivity contribution in [1.82, 2.24) is 0 Å². The van der Waals surface area contributed by atoms with Crippen LogP contribution in [0, 0.1) is 0 Å². The van der Waals surface area contributed by atoms with Crippen molar-refractivity contribution in [2.45, 2.75) is 13.5 Å². The van der Waals surface area contributed by atoms with Gasteiger partial charge in [-0.2, -0.15) is 0 Å². The van der Waals surface area contributed by atoms with Gasteiger partial charge in [-0.25, -0.2) is 4.79 Å². The molecular weight excluding hydrogens is 210 g/mol. The average molecular weight is 221 g/mol. The number of aromatic hydroxyl groups is 1. The van der Waals surface area contributed by atoms with Gasteiger partial charge >= 0.3 is 5.97 Å². The van der Waals surface area contributed by atoms with Crippen LogP contribution in [0.15, 0.2) is 23.3 Å². The van der Waals surface area contributed by atoms with Crippen LogP contribution in [0.3, 0.4) is 0 Å². The third-order valence-electron chi connectivity index (χ3n) is 1.87. The van der Waals surface area contributed by atoms with E-state index in [4.69, 9.17) is 10.3 Å². The molecule has 0 heterocycles. The Balaban J connectivity index is 2.90. The molecule has 0 aliphatic carbocycles. The fourth-order valence-electron chi connectivity index (χ4n) is 1.17. The Bertz CT molecular complexity index is 439. The minimum Gasteiger partial charge on any atom is -0.507 e. The lowest BCUT2D eigenvalue weighted by atomic mass is 10.1. The van der Waals surface area contributed by atoms with Gasteiger partial charge in [-0.05, 0) is 30.2 Å². The minimum absolute atomic E-state index is 0.103. The van der Waals surface area contributed by atoms with Crippen molar-refractivity contribution < 1.29 is 14.6 Å². The van der Waals surface area contributed by atoms with Crippen LogP contribution in [0.1, 0.15) is 22.8 Å². The molecule has 0 saturated heterocycles. The maximum atomic E-state index is 11.3. The van der Waals surface area contributed by atoms with Crippen molar-refractivity contribution in [3.05, 3.63) is 39.8 Å². The summed E-state index contributed by atoms with van der Waals surface area (Å²) < 4.78 is 4.75. The third kappa shape index (κ3) is 2.90. The highest BCUT2D eigenvalue weighted by Gasteiger charge is 2.11. The molecule has 84 valence electrons. The van der Waals surface area contributed by atoms with Gasteiger partial charge in [0.2, 0.25) is 0 Å².